The SMILES string of the molecule is COCCN1CC(CN2CCC(c3ncn[nH]3)CC2)CC1=O. The van der Waals surface area contributed by atoms with Crippen LogP contribution in [0, 0.1) is 5.92 Å². The normalized spacial score (nSPS) is 24.3. The molecule has 0 saturated carbocycles. The van der Waals surface area contributed by atoms with E-state index >= 15 is 0 Å². The second kappa shape index (κ2) is 7.19. The number of amides is 1. The summed E-state index contributed by atoms with van der Waals surface area (Å²) in [6.07, 6.45) is 4.50. The Morgan fingerprint density at radius 1 is 1.41 bits per heavy atom. The molecule has 2 fully saturated rings. The van der Waals surface area contributed by atoms with E-state index in [1.807, 2.05) is 4.90 Å². The molecule has 1 unspecified atom stereocenters. The quantitative estimate of drug-likeness (QED) is 0.827. The Kier molecular flexibility index (Phi) is 5.04. The molecule has 1 aromatic heterocycles. The summed E-state index contributed by atoms with van der Waals surface area (Å²) in [6.45, 7) is 5.41. The highest BCUT2D eigenvalue weighted by molar-refractivity contribution is 5.78. The van der Waals surface area contributed by atoms with Crippen molar-refractivity contribution in [3.05, 3.63) is 12.2 Å². The summed E-state index contributed by atoms with van der Waals surface area (Å²) in [6, 6.07) is 0. The summed E-state index contributed by atoms with van der Waals surface area (Å²) in [5.74, 6) is 2.26. The van der Waals surface area contributed by atoms with E-state index < -0.39 is 0 Å². The Labute approximate surface area is 131 Å². The molecule has 0 aliphatic carbocycles. The molecule has 0 bridgehead atoms. The van der Waals surface area contributed by atoms with Crippen LogP contribution in [0.3, 0.4) is 0 Å². The first-order valence-corrected chi connectivity index (χ1v) is 8.10. The second-order valence-corrected chi connectivity index (χ2v) is 6.35. The molecule has 122 valence electrons. The van der Waals surface area contributed by atoms with E-state index in [0.717, 1.165) is 51.4 Å². The Morgan fingerprint density at radius 3 is 2.91 bits per heavy atom. The maximum atomic E-state index is 12.0. The maximum Gasteiger partial charge on any atom is 0.223 e. The first-order valence-electron chi connectivity index (χ1n) is 8.10. The van der Waals surface area contributed by atoms with E-state index in [1.165, 1.54) is 0 Å². The molecule has 3 rings (SSSR count). The highest BCUT2D eigenvalue weighted by Gasteiger charge is 2.31. The van der Waals surface area contributed by atoms with Crippen LogP contribution < -0.4 is 0 Å². The number of ether oxygens (including phenoxy) is 1. The highest BCUT2D eigenvalue weighted by Crippen LogP contribution is 2.27. The number of rotatable bonds is 6. The van der Waals surface area contributed by atoms with Crippen LogP contribution in [0.25, 0.3) is 0 Å². The van der Waals surface area contributed by atoms with E-state index in [9.17, 15) is 4.79 Å². The number of carbonyl (C=O) groups is 1. The van der Waals surface area contributed by atoms with E-state index in [4.69, 9.17) is 4.74 Å². The van der Waals surface area contributed by atoms with Crippen LogP contribution >= 0.6 is 0 Å². The number of H-pyrrole nitrogens is 1. The van der Waals surface area contributed by atoms with Crippen molar-refractivity contribution in [2.45, 2.75) is 25.2 Å². The molecule has 1 amide bonds. The van der Waals surface area contributed by atoms with Crippen LogP contribution in [-0.4, -0.2) is 77.3 Å². The number of hydrogen-bond acceptors (Lipinski definition) is 5. The lowest BCUT2D eigenvalue weighted by Crippen LogP contribution is -2.37. The van der Waals surface area contributed by atoms with Crippen molar-refractivity contribution in [2.24, 2.45) is 5.92 Å². The summed E-state index contributed by atoms with van der Waals surface area (Å²) in [4.78, 5) is 20.7. The minimum atomic E-state index is 0.276. The summed E-state index contributed by atoms with van der Waals surface area (Å²) in [5, 5.41) is 6.92. The number of aromatic amines is 1. The summed E-state index contributed by atoms with van der Waals surface area (Å²) in [7, 11) is 1.68. The molecule has 7 heteroatoms. The van der Waals surface area contributed by atoms with Crippen molar-refractivity contribution >= 4 is 5.91 Å². The monoisotopic (exact) mass is 307 g/mol. The lowest BCUT2D eigenvalue weighted by Gasteiger charge is -2.32. The number of nitrogens with one attached hydrogen (secondary N) is 1. The van der Waals surface area contributed by atoms with Gasteiger partial charge in [-0.05, 0) is 31.8 Å². The minimum absolute atomic E-state index is 0.276. The van der Waals surface area contributed by atoms with Gasteiger partial charge < -0.3 is 14.5 Å². The van der Waals surface area contributed by atoms with E-state index in [1.54, 1.807) is 13.4 Å². The van der Waals surface area contributed by atoms with Gasteiger partial charge in [0, 0.05) is 39.1 Å². The van der Waals surface area contributed by atoms with Gasteiger partial charge in [0.15, 0.2) is 0 Å². The molecule has 1 N–H and O–H groups in total. The standard InChI is InChI=1S/C15H25N5O2/c1-22-7-6-20-10-12(8-14(20)21)9-19-4-2-13(3-5-19)15-16-11-17-18-15/h11-13H,2-10H2,1H3,(H,16,17,18). The van der Waals surface area contributed by atoms with Crippen LogP contribution in [0.4, 0.5) is 0 Å². The van der Waals surface area contributed by atoms with E-state index in [0.29, 0.717) is 24.9 Å². The van der Waals surface area contributed by atoms with Crippen LogP contribution in [0.15, 0.2) is 6.33 Å². The molecular weight excluding hydrogens is 282 g/mol. The van der Waals surface area contributed by atoms with Gasteiger partial charge in [0.1, 0.15) is 12.2 Å². The Balaban J connectivity index is 1.42. The zero-order chi connectivity index (χ0) is 15.4. The van der Waals surface area contributed by atoms with Crippen molar-refractivity contribution in [3.63, 3.8) is 0 Å². The highest BCUT2D eigenvalue weighted by atomic mass is 16.5. The molecule has 0 spiro atoms. The van der Waals surface area contributed by atoms with Gasteiger partial charge >= 0.3 is 0 Å². The van der Waals surface area contributed by atoms with Crippen LogP contribution in [-0.2, 0) is 9.53 Å². The number of hydrogen-bond donors (Lipinski definition) is 1. The largest absolute Gasteiger partial charge is 0.383 e. The third-order valence-corrected chi connectivity index (χ3v) is 4.78. The first kappa shape index (κ1) is 15.4. The lowest BCUT2D eigenvalue weighted by atomic mass is 9.95. The average molecular weight is 307 g/mol. The molecule has 7 nitrogen and oxygen atoms in total. The fraction of sp³-hybridized carbons (Fsp3) is 0.800. The predicted molar refractivity (Wildman–Crippen MR) is 81.4 cm³/mol. The molecule has 0 aromatic carbocycles. The molecule has 3 heterocycles. The van der Waals surface area contributed by atoms with Gasteiger partial charge in [-0.3, -0.25) is 9.89 Å². The van der Waals surface area contributed by atoms with Gasteiger partial charge in [0.2, 0.25) is 5.91 Å². The van der Waals surface area contributed by atoms with Gasteiger partial charge in [-0.2, -0.15) is 5.10 Å². The Bertz CT molecular complexity index is 470. The number of carbonyl (C=O) groups excluding carboxylic acids is 1. The fourth-order valence-electron chi connectivity index (χ4n) is 3.56. The van der Waals surface area contributed by atoms with Crippen molar-refractivity contribution in [3.8, 4) is 0 Å². The number of nitrogens with zero attached hydrogens (tertiary/aromatic N) is 4. The minimum Gasteiger partial charge on any atom is -0.383 e. The number of likely N-dealkylation sites (tertiary alicyclic amines) is 2. The van der Waals surface area contributed by atoms with Crippen molar-refractivity contribution < 1.29 is 9.53 Å². The molecule has 2 aliphatic rings. The van der Waals surface area contributed by atoms with Crippen molar-refractivity contribution in [1.82, 2.24) is 25.0 Å². The smallest absolute Gasteiger partial charge is 0.223 e. The first-order chi connectivity index (χ1) is 10.8. The van der Waals surface area contributed by atoms with Crippen molar-refractivity contribution in [2.75, 3.05) is 46.4 Å². The molecule has 2 aliphatic heterocycles. The van der Waals surface area contributed by atoms with Gasteiger partial charge in [-0.25, -0.2) is 4.98 Å². The third kappa shape index (κ3) is 3.64. The molecule has 1 atom stereocenters. The van der Waals surface area contributed by atoms with Gasteiger partial charge in [-0.15, -0.1) is 0 Å². The van der Waals surface area contributed by atoms with Crippen LogP contribution in [0.2, 0.25) is 0 Å². The van der Waals surface area contributed by atoms with Crippen molar-refractivity contribution in [1.29, 1.82) is 0 Å². The van der Waals surface area contributed by atoms with Crippen LogP contribution in [0.1, 0.15) is 31.0 Å². The summed E-state index contributed by atoms with van der Waals surface area (Å²) in [5.41, 5.74) is 0. The summed E-state index contributed by atoms with van der Waals surface area (Å²) >= 11 is 0. The Morgan fingerprint density at radius 2 is 2.23 bits per heavy atom. The maximum absolute atomic E-state index is 12.0. The van der Waals surface area contributed by atoms with Gasteiger partial charge in [0.05, 0.1) is 6.61 Å². The molecule has 0 radical (unpaired) electrons. The topological polar surface area (TPSA) is 74.3 Å². The fourth-order valence-corrected chi connectivity index (χ4v) is 3.56. The average Bonchev–Trinajstić information content (AvgIpc) is 3.16. The van der Waals surface area contributed by atoms with E-state index in [-0.39, 0.29) is 5.91 Å². The molecule has 1 aromatic rings. The summed E-state index contributed by atoms with van der Waals surface area (Å²) < 4.78 is 5.07. The molecule has 22 heavy (non-hydrogen) atoms. The molecule has 2 saturated heterocycles. The predicted octanol–water partition coefficient (Wildman–Crippen LogP) is 0.479. The second-order valence-electron chi connectivity index (χ2n) is 6.35. The van der Waals surface area contributed by atoms with Gasteiger partial charge in [0.25, 0.3) is 0 Å². The number of methoxy groups -OCH3 is 1. The zero-order valence-electron chi connectivity index (χ0n) is 13.2. The number of piperidine rings is 1. The third-order valence-electron chi connectivity index (χ3n) is 4.78. The van der Waals surface area contributed by atoms with Crippen LogP contribution in [0.5, 0.6) is 0 Å². The zero-order valence-corrected chi connectivity index (χ0v) is 13.2. The lowest BCUT2D eigenvalue weighted by molar-refractivity contribution is -0.128. The van der Waals surface area contributed by atoms with E-state index in [2.05, 4.69) is 20.1 Å². The van der Waals surface area contributed by atoms with Gasteiger partial charge in [-0.1, -0.05) is 0 Å². The number of aromatic nitrogens is 3. The Hall–Kier alpha value is -1.47. The molecular formula is C15H25N5O2.